The first-order valence-electron chi connectivity index (χ1n) is 13.4. The average molecular weight is 565 g/mol. The fourth-order valence-electron chi connectivity index (χ4n) is 5.85. The molecule has 212 valence electrons. The van der Waals surface area contributed by atoms with Crippen molar-refractivity contribution in [2.45, 2.75) is 57.4 Å². The molecule has 1 saturated heterocycles. The largest absolute Gasteiger partial charge is 0.395 e. The van der Waals surface area contributed by atoms with Crippen LogP contribution in [-0.4, -0.2) is 55.9 Å². The molecule has 2 aliphatic carbocycles. The van der Waals surface area contributed by atoms with Crippen molar-refractivity contribution in [2.75, 3.05) is 40.4 Å². The van der Waals surface area contributed by atoms with E-state index in [2.05, 4.69) is 14.9 Å². The molecule has 3 fully saturated rings. The lowest BCUT2D eigenvalue weighted by molar-refractivity contribution is 0.0786. The molecule has 1 spiro atoms. The van der Waals surface area contributed by atoms with Crippen LogP contribution in [0.1, 0.15) is 61.3 Å². The first kappa shape index (κ1) is 27.6. The SMILES string of the molecule is O=C(Nc1cccn([C@@H]2CC[C@@H](C(F)F)C2)c1=O)c1ccc(NS(=O)(=O)CCO)cc1N1CCC2(CC1)CC2. The third kappa shape index (κ3) is 6.11. The Bertz CT molecular complexity index is 1380. The monoisotopic (exact) mass is 564 g/mol. The van der Waals surface area contributed by atoms with Crippen molar-refractivity contribution < 1.29 is 27.1 Å². The van der Waals surface area contributed by atoms with Crippen LogP contribution >= 0.6 is 0 Å². The van der Waals surface area contributed by atoms with E-state index in [0.717, 1.165) is 25.9 Å². The van der Waals surface area contributed by atoms with Gasteiger partial charge in [0.2, 0.25) is 16.4 Å². The molecular formula is C27H34F2N4O5S. The van der Waals surface area contributed by atoms with Crippen molar-refractivity contribution in [1.29, 1.82) is 0 Å². The van der Waals surface area contributed by atoms with Crippen molar-refractivity contribution in [2.24, 2.45) is 11.3 Å². The first-order chi connectivity index (χ1) is 18.6. The third-order valence-corrected chi connectivity index (χ3v) is 9.68. The molecule has 1 aromatic carbocycles. The minimum absolute atomic E-state index is 0.0530. The summed E-state index contributed by atoms with van der Waals surface area (Å²) in [7, 11) is -3.76. The zero-order valence-corrected chi connectivity index (χ0v) is 22.4. The second-order valence-corrected chi connectivity index (χ2v) is 12.9. The van der Waals surface area contributed by atoms with Crippen molar-refractivity contribution in [3.63, 3.8) is 0 Å². The number of aliphatic hydroxyl groups excluding tert-OH is 1. The minimum atomic E-state index is -3.76. The summed E-state index contributed by atoms with van der Waals surface area (Å²) in [5, 5.41) is 11.8. The quantitative estimate of drug-likeness (QED) is 0.426. The maximum absolute atomic E-state index is 13.5. The normalized spacial score (nSPS) is 22.3. The van der Waals surface area contributed by atoms with E-state index in [9.17, 15) is 26.8 Å². The van der Waals surface area contributed by atoms with Crippen LogP contribution in [0.3, 0.4) is 0 Å². The lowest BCUT2D eigenvalue weighted by Gasteiger charge is -2.35. The molecule has 9 nitrogen and oxygen atoms in total. The molecule has 0 bridgehead atoms. The van der Waals surface area contributed by atoms with Crippen molar-refractivity contribution in [1.82, 2.24) is 4.57 Å². The predicted octanol–water partition coefficient (Wildman–Crippen LogP) is 3.82. The molecule has 0 unspecified atom stereocenters. The number of hydrogen-bond donors (Lipinski definition) is 3. The summed E-state index contributed by atoms with van der Waals surface area (Å²) in [6.07, 6.45) is 4.55. The standard InChI is InChI=1S/C27H34F2N4O5S/c28-24(29)18-3-5-20(16-18)33-11-1-2-22(26(33)36)30-25(35)21-6-4-19(31-39(37,38)15-14-34)17-23(21)32-12-9-27(7-8-27)10-13-32/h1-2,4,6,11,17-18,20,24,31,34H,3,5,7-10,12-16H2,(H,30,35)/t18-,20-/m1/s1. The van der Waals surface area contributed by atoms with Gasteiger partial charge >= 0.3 is 0 Å². The van der Waals surface area contributed by atoms with Crippen molar-refractivity contribution in [3.8, 4) is 0 Å². The predicted molar refractivity (Wildman–Crippen MR) is 145 cm³/mol. The number of anilines is 3. The summed E-state index contributed by atoms with van der Waals surface area (Å²) in [4.78, 5) is 28.7. The van der Waals surface area contributed by atoms with Crippen molar-refractivity contribution in [3.05, 3.63) is 52.4 Å². The molecule has 39 heavy (non-hydrogen) atoms. The number of halogens is 2. The molecule has 3 N–H and O–H groups in total. The Morgan fingerprint density at radius 2 is 1.87 bits per heavy atom. The van der Waals surface area contributed by atoms with Gasteiger partial charge in [-0.15, -0.1) is 0 Å². The Kier molecular flexibility index (Phi) is 7.69. The molecule has 12 heteroatoms. The van der Waals surface area contributed by atoms with Gasteiger partial charge in [0.25, 0.3) is 11.5 Å². The molecule has 1 amide bonds. The number of rotatable bonds is 9. The second-order valence-electron chi connectivity index (χ2n) is 11.0. The Labute approximate surface area is 226 Å². The number of aliphatic hydroxyl groups is 1. The fraction of sp³-hybridized carbons (Fsp3) is 0.556. The van der Waals surface area contributed by atoms with Crippen LogP contribution < -0.4 is 20.5 Å². The molecule has 1 aromatic heterocycles. The van der Waals surface area contributed by atoms with E-state index >= 15 is 0 Å². The average Bonchev–Trinajstić information content (AvgIpc) is 3.45. The number of hydrogen-bond acceptors (Lipinski definition) is 6. The van der Waals surface area contributed by atoms with E-state index in [1.54, 1.807) is 18.3 Å². The highest BCUT2D eigenvalue weighted by molar-refractivity contribution is 7.92. The zero-order valence-electron chi connectivity index (χ0n) is 21.6. The summed E-state index contributed by atoms with van der Waals surface area (Å²) in [6, 6.07) is 7.37. The Morgan fingerprint density at radius 1 is 1.13 bits per heavy atom. The van der Waals surface area contributed by atoms with Gasteiger partial charge in [0.1, 0.15) is 5.69 Å². The number of nitrogens with zero attached hydrogens (tertiary/aromatic N) is 2. The van der Waals surface area contributed by atoms with Crippen LogP contribution in [0.15, 0.2) is 41.3 Å². The Morgan fingerprint density at radius 3 is 2.51 bits per heavy atom. The van der Waals surface area contributed by atoms with Gasteiger partial charge in [0.05, 0.1) is 29.3 Å². The van der Waals surface area contributed by atoms with Crippen molar-refractivity contribution >= 4 is 33.0 Å². The Hall–Kier alpha value is -2.99. The number of carbonyl (C=O) groups is 1. The highest BCUT2D eigenvalue weighted by Gasteiger charge is 2.44. The Balaban J connectivity index is 1.40. The molecule has 2 heterocycles. The number of alkyl halides is 2. The maximum Gasteiger partial charge on any atom is 0.274 e. The molecule has 5 rings (SSSR count). The molecule has 2 atom stereocenters. The summed E-state index contributed by atoms with van der Waals surface area (Å²) in [5.74, 6) is -1.71. The number of carbonyl (C=O) groups excluding carboxylic acids is 1. The van der Waals surface area contributed by atoms with E-state index < -0.39 is 46.2 Å². The molecule has 2 saturated carbocycles. The van der Waals surface area contributed by atoms with E-state index in [-0.39, 0.29) is 23.8 Å². The number of nitrogens with one attached hydrogen (secondary N) is 2. The molecule has 2 aromatic rings. The van der Waals surface area contributed by atoms with Gasteiger partial charge in [-0.3, -0.25) is 14.3 Å². The molecule has 3 aliphatic rings. The maximum atomic E-state index is 13.5. The van der Waals surface area contributed by atoms with E-state index in [4.69, 9.17) is 5.11 Å². The number of amides is 1. The van der Waals surface area contributed by atoms with Gasteiger partial charge in [-0.2, -0.15) is 0 Å². The summed E-state index contributed by atoms with van der Waals surface area (Å²) in [6.45, 7) is 0.922. The van der Waals surface area contributed by atoms with Gasteiger partial charge in [0, 0.05) is 31.2 Å². The van der Waals surface area contributed by atoms with Crippen LogP contribution in [-0.2, 0) is 10.0 Å². The lowest BCUT2D eigenvalue weighted by Crippen LogP contribution is -2.36. The topological polar surface area (TPSA) is 121 Å². The van der Waals surface area contributed by atoms with Crippen LogP contribution in [0.2, 0.25) is 0 Å². The highest BCUT2D eigenvalue weighted by Crippen LogP contribution is 2.54. The van der Waals surface area contributed by atoms with E-state index in [1.807, 2.05) is 0 Å². The van der Waals surface area contributed by atoms with Crippen LogP contribution in [0.25, 0.3) is 0 Å². The number of pyridine rings is 1. The third-order valence-electron chi connectivity index (χ3n) is 8.42. The van der Waals surface area contributed by atoms with E-state index in [0.29, 0.717) is 29.5 Å². The van der Waals surface area contributed by atoms with Gasteiger partial charge in [-0.1, -0.05) is 0 Å². The van der Waals surface area contributed by atoms with Gasteiger partial charge in [0.15, 0.2) is 0 Å². The minimum Gasteiger partial charge on any atom is -0.395 e. The van der Waals surface area contributed by atoms with Crippen LogP contribution in [0, 0.1) is 11.3 Å². The number of piperidine rings is 1. The summed E-state index contributed by atoms with van der Waals surface area (Å²) >= 11 is 0. The molecule has 0 radical (unpaired) electrons. The molecule has 1 aliphatic heterocycles. The number of benzene rings is 1. The first-order valence-corrected chi connectivity index (χ1v) is 15.1. The highest BCUT2D eigenvalue weighted by atomic mass is 32.2. The van der Waals surface area contributed by atoms with Crippen LogP contribution in [0.4, 0.5) is 25.8 Å². The summed E-state index contributed by atoms with van der Waals surface area (Å²) in [5.41, 5.74) is 1.11. The molecular weight excluding hydrogens is 530 g/mol. The van der Waals surface area contributed by atoms with E-state index in [1.165, 1.54) is 35.6 Å². The van der Waals surface area contributed by atoms with Crippen LogP contribution in [0.5, 0.6) is 0 Å². The second kappa shape index (κ2) is 10.9. The number of sulfonamides is 1. The smallest absolute Gasteiger partial charge is 0.274 e. The zero-order chi connectivity index (χ0) is 27.8. The number of aromatic nitrogens is 1. The lowest BCUT2D eigenvalue weighted by atomic mass is 9.93. The van der Waals surface area contributed by atoms with Gasteiger partial charge in [-0.25, -0.2) is 17.2 Å². The summed E-state index contributed by atoms with van der Waals surface area (Å²) < 4.78 is 54.7. The fourth-order valence-corrected chi connectivity index (χ4v) is 6.68. The van der Waals surface area contributed by atoms with Gasteiger partial charge < -0.3 is 19.9 Å². The van der Waals surface area contributed by atoms with Gasteiger partial charge in [-0.05, 0) is 80.7 Å².